The Labute approximate surface area is 144 Å². The summed E-state index contributed by atoms with van der Waals surface area (Å²) in [6, 6.07) is 4.82. The van der Waals surface area contributed by atoms with Gasteiger partial charge in [-0.3, -0.25) is 4.79 Å². The van der Waals surface area contributed by atoms with Crippen LogP contribution in [0, 0.1) is 0 Å². The monoisotopic (exact) mass is 372 g/mol. The molecule has 1 heterocycles. The molecule has 126 valence electrons. The SMILES string of the molecule is Cn1c(=O)sc2cc(S(=O)(=O)NCCSC3CCCC3)ccc21. The average Bonchev–Trinajstić information content (AvgIpc) is 3.13. The summed E-state index contributed by atoms with van der Waals surface area (Å²) in [5.74, 6) is 0.796. The Bertz CT molecular complexity index is 848. The third-order valence-corrected chi connectivity index (χ3v) is 7.96. The lowest BCUT2D eigenvalue weighted by Crippen LogP contribution is -2.26. The lowest BCUT2D eigenvalue weighted by molar-refractivity contribution is 0.584. The Morgan fingerprint density at radius 1 is 1.35 bits per heavy atom. The standard InChI is InChI=1S/C15H20N2O3S3/c1-17-13-7-6-12(10-14(13)22-15(17)18)23(19,20)16-8-9-21-11-4-2-3-5-11/h6-7,10-11,16H,2-5,8-9H2,1H3. The van der Waals surface area contributed by atoms with Crippen molar-refractivity contribution >= 4 is 43.3 Å². The predicted octanol–water partition coefficient (Wildman–Crippen LogP) is 2.55. The van der Waals surface area contributed by atoms with Crippen LogP contribution < -0.4 is 9.60 Å². The molecule has 0 bridgehead atoms. The van der Waals surface area contributed by atoms with Crippen molar-refractivity contribution in [1.82, 2.24) is 9.29 Å². The van der Waals surface area contributed by atoms with Gasteiger partial charge >= 0.3 is 4.87 Å². The van der Waals surface area contributed by atoms with Crippen molar-refractivity contribution in [3.05, 3.63) is 27.9 Å². The number of aryl methyl sites for hydroxylation is 1. The maximum absolute atomic E-state index is 12.4. The number of thioether (sulfide) groups is 1. The molecule has 8 heteroatoms. The minimum Gasteiger partial charge on any atom is -0.302 e. The third kappa shape index (κ3) is 3.81. The Balaban J connectivity index is 1.65. The van der Waals surface area contributed by atoms with Gasteiger partial charge in [-0.15, -0.1) is 0 Å². The summed E-state index contributed by atoms with van der Waals surface area (Å²) in [6.45, 7) is 0.437. The van der Waals surface area contributed by atoms with E-state index < -0.39 is 10.0 Å². The van der Waals surface area contributed by atoms with Crippen molar-refractivity contribution in [2.24, 2.45) is 7.05 Å². The quantitative estimate of drug-likeness (QED) is 0.791. The van der Waals surface area contributed by atoms with Crippen LogP contribution >= 0.6 is 23.1 Å². The van der Waals surface area contributed by atoms with Crippen LogP contribution in [-0.4, -0.2) is 30.5 Å². The summed E-state index contributed by atoms with van der Waals surface area (Å²) in [5, 5.41) is 0.692. The molecule has 0 atom stereocenters. The number of hydrogen-bond acceptors (Lipinski definition) is 5. The molecule has 0 spiro atoms. The van der Waals surface area contributed by atoms with Crippen molar-refractivity contribution in [1.29, 1.82) is 0 Å². The Morgan fingerprint density at radius 2 is 2.09 bits per heavy atom. The predicted molar refractivity (Wildman–Crippen MR) is 97.0 cm³/mol. The van der Waals surface area contributed by atoms with Gasteiger partial charge in [-0.05, 0) is 31.0 Å². The molecule has 1 aromatic carbocycles. The van der Waals surface area contributed by atoms with Crippen molar-refractivity contribution in [3.8, 4) is 0 Å². The van der Waals surface area contributed by atoms with E-state index in [0.717, 1.165) is 22.6 Å². The first-order valence-electron chi connectivity index (χ1n) is 7.68. The number of hydrogen-bond donors (Lipinski definition) is 1. The number of fused-ring (bicyclic) bond motifs is 1. The minimum absolute atomic E-state index is 0.0875. The van der Waals surface area contributed by atoms with Gasteiger partial charge in [0.15, 0.2) is 0 Å². The molecule has 0 radical (unpaired) electrons. The fourth-order valence-corrected chi connectivity index (χ4v) is 6.22. The molecule has 0 aliphatic heterocycles. The Kier molecular flexibility index (Phi) is 5.15. The minimum atomic E-state index is -3.52. The van der Waals surface area contributed by atoms with Crippen LogP contribution in [-0.2, 0) is 17.1 Å². The van der Waals surface area contributed by atoms with Crippen molar-refractivity contribution in [2.75, 3.05) is 12.3 Å². The molecule has 0 saturated heterocycles. The highest BCUT2D eigenvalue weighted by molar-refractivity contribution is 8.00. The smallest absolute Gasteiger partial charge is 0.302 e. The van der Waals surface area contributed by atoms with Gasteiger partial charge in [0.1, 0.15) is 0 Å². The normalized spacial score (nSPS) is 16.4. The number of benzene rings is 1. The molecule has 1 aliphatic rings. The van der Waals surface area contributed by atoms with E-state index in [1.54, 1.807) is 25.2 Å². The van der Waals surface area contributed by atoms with Crippen molar-refractivity contribution < 1.29 is 8.42 Å². The lowest BCUT2D eigenvalue weighted by Gasteiger charge is -2.10. The molecule has 3 rings (SSSR count). The van der Waals surface area contributed by atoms with E-state index in [0.29, 0.717) is 16.5 Å². The van der Waals surface area contributed by atoms with Gasteiger partial charge in [-0.1, -0.05) is 24.2 Å². The molecular formula is C15H20N2O3S3. The highest BCUT2D eigenvalue weighted by Gasteiger charge is 2.17. The molecule has 1 aliphatic carbocycles. The second kappa shape index (κ2) is 6.96. The van der Waals surface area contributed by atoms with Crippen LogP contribution in [0.5, 0.6) is 0 Å². The van der Waals surface area contributed by atoms with Gasteiger partial charge in [0.25, 0.3) is 0 Å². The molecule has 1 saturated carbocycles. The van der Waals surface area contributed by atoms with E-state index in [2.05, 4.69) is 4.72 Å². The second-order valence-electron chi connectivity index (χ2n) is 5.73. The van der Waals surface area contributed by atoms with Crippen LogP contribution in [0.15, 0.2) is 27.9 Å². The molecule has 1 aromatic heterocycles. The van der Waals surface area contributed by atoms with Crippen LogP contribution in [0.2, 0.25) is 0 Å². The average molecular weight is 373 g/mol. The van der Waals surface area contributed by atoms with Gasteiger partial charge < -0.3 is 4.57 Å². The van der Waals surface area contributed by atoms with E-state index in [1.807, 2.05) is 11.8 Å². The second-order valence-corrected chi connectivity index (χ2v) is 9.90. The van der Waals surface area contributed by atoms with Crippen LogP contribution in [0.25, 0.3) is 10.2 Å². The fraction of sp³-hybridized carbons (Fsp3) is 0.533. The first-order valence-corrected chi connectivity index (χ1v) is 11.0. The number of nitrogens with zero attached hydrogens (tertiary/aromatic N) is 1. The molecule has 2 aromatic rings. The van der Waals surface area contributed by atoms with E-state index >= 15 is 0 Å². The number of nitrogens with one attached hydrogen (secondary N) is 1. The third-order valence-electron chi connectivity index (χ3n) is 4.12. The molecule has 1 fully saturated rings. The van der Waals surface area contributed by atoms with Crippen LogP contribution in [0.3, 0.4) is 0 Å². The molecule has 0 amide bonds. The maximum Gasteiger partial charge on any atom is 0.307 e. The molecule has 5 nitrogen and oxygen atoms in total. The Morgan fingerprint density at radius 3 is 2.83 bits per heavy atom. The Hall–Kier alpha value is -0.830. The summed E-state index contributed by atoms with van der Waals surface area (Å²) in [4.78, 5) is 11.8. The van der Waals surface area contributed by atoms with Gasteiger partial charge in [0.2, 0.25) is 10.0 Å². The van der Waals surface area contributed by atoms with E-state index in [-0.39, 0.29) is 9.77 Å². The number of thiazole rings is 1. The summed E-state index contributed by atoms with van der Waals surface area (Å²) in [7, 11) is -1.83. The fourth-order valence-electron chi connectivity index (χ4n) is 2.82. The molecule has 23 heavy (non-hydrogen) atoms. The van der Waals surface area contributed by atoms with Gasteiger partial charge in [0.05, 0.1) is 15.1 Å². The van der Waals surface area contributed by atoms with Crippen LogP contribution in [0.1, 0.15) is 25.7 Å². The number of sulfonamides is 1. The molecule has 0 unspecified atom stereocenters. The van der Waals surface area contributed by atoms with E-state index in [9.17, 15) is 13.2 Å². The lowest BCUT2D eigenvalue weighted by atomic mass is 10.3. The number of rotatable bonds is 6. The molecule has 1 N–H and O–H groups in total. The summed E-state index contributed by atoms with van der Waals surface area (Å²) < 4.78 is 29.6. The van der Waals surface area contributed by atoms with E-state index in [4.69, 9.17) is 0 Å². The summed E-state index contributed by atoms with van der Waals surface area (Å²) in [6.07, 6.45) is 5.09. The highest BCUT2D eigenvalue weighted by Crippen LogP contribution is 2.29. The van der Waals surface area contributed by atoms with Gasteiger partial charge in [0, 0.05) is 24.6 Å². The first-order chi connectivity index (χ1) is 11.0. The summed E-state index contributed by atoms with van der Waals surface area (Å²) in [5.41, 5.74) is 0.760. The largest absolute Gasteiger partial charge is 0.307 e. The van der Waals surface area contributed by atoms with Crippen molar-refractivity contribution in [3.63, 3.8) is 0 Å². The molecular weight excluding hydrogens is 352 g/mol. The topological polar surface area (TPSA) is 68.2 Å². The first kappa shape index (κ1) is 17.0. The maximum atomic E-state index is 12.4. The van der Waals surface area contributed by atoms with Crippen LogP contribution in [0.4, 0.5) is 0 Å². The zero-order chi connectivity index (χ0) is 16.4. The highest BCUT2D eigenvalue weighted by atomic mass is 32.2. The summed E-state index contributed by atoms with van der Waals surface area (Å²) >= 11 is 2.92. The number of aromatic nitrogens is 1. The zero-order valence-corrected chi connectivity index (χ0v) is 15.4. The zero-order valence-electron chi connectivity index (χ0n) is 12.9. The van der Waals surface area contributed by atoms with Crippen molar-refractivity contribution in [2.45, 2.75) is 35.8 Å². The van der Waals surface area contributed by atoms with Gasteiger partial charge in [-0.2, -0.15) is 11.8 Å². The van der Waals surface area contributed by atoms with Gasteiger partial charge in [-0.25, -0.2) is 13.1 Å². The van der Waals surface area contributed by atoms with E-state index in [1.165, 1.54) is 30.3 Å².